The molecule has 2 aromatic carbocycles. The van der Waals surface area contributed by atoms with Gasteiger partial charge in [-0.3, -0.25) is 5.10 Å². The lowest BCUT2D eigenvalue weighted by Crippen LogP contribution is -2.07. The first-order chi connectivity index (χ1) is 9.65. The molecule has 4 nitrogen and oxygen atoms in total. The largest absolute Gasteiger partial charge is 0.508 e. The highest BCUT2D eigenvalue weighted by Gasteiger charge is 2.12. The van der Waals surface area contributed by atoms with Crippen molar-refractivity contribution in [3.8, 4) is 5.75 Å². The lowest BCUT2D eigenvalue weighted by atomic mass is 10.0. The molecule has 0 aliphatic heterocycles. The number of benzene rings is 2. The third-order valence-electron chi connectivity index (χ3n) is 3.51. The van der Waals surface area contributed by atoms with Crippen LogP contribution in [0, 0.1) is 6.92 Å². The molecule has 3 rings (SSSR count). The van der Waals surface area contributed by atoms with Gasteiger partial charge in [-0.1, -0.05) is 18.2 Å². The third kappa shape index (κ3) is 2.20. The lowest BCUT2D eigenvalue weighted by Gasteiger charge is -2.17. The van der Waals surface area contributed by atoms with Crippen molar-refractivity contribution in [3.63, 3.8) is 0 Å². The number of aryl methyl sites for hydroxylation is 1. The first kappa shape index (κ1) is 12.5. The number of nitrogens with zero attached hydrogens (tertiary/aromatic N) is 1. The Morgan fingerprint density at radius 2 is 2.10 bits per heavy atom. The molecule has 1 unspecified atom stereocenters. The van der Waals surface area contributed by atoms with Gasteiger partial charge in [-0.2, -0.15) is 5.10 Å². The Balaban J connectivity index is 1.92. The molecule has 0 bridgehead atoms. The van der Waals surface area contributed by atoms with Gasteiger partial charge >= 0.3 is 0 Å². The summed E-state index contributed by atoms with van der Waals surface area (Å²) in [5, 5.41) is 21.5. The maximum Gasteiger partial charge on any atom is 0.121 e. The van der Waals surface area contributed by atoms with Crippen LogP contribution in [0.2, 0.25) is 0 Å². The van der Waals surface area contributed by atoms with Crippen LogP contribution in [-0.2, 0) is 0 Å². The smallest absolute Gasteiger partial charge is 0.121 e. The number of hydrogen-bond donors (Lipinski definition) is 3. The van der Waals surface area contributed by atoms with Crippen molar-refractivity contribution in [2.45, 2.75) is 19.9 Å². The number of hydrogen-bond acceptors (Lipinski definition) is 3. The molecule has 0 radical (unpaired) electrons. The Bertz CT molecular complexity index is 748. The zero-order valence-electron chi connectivity index (χ0n) is 11.5. The summed E-state index contributed by atoms with van der Waals surface area (Å²) in [4.78, 5) is 0. The average Bonchev–Trinajstić information content (AvgIpc) is 2.87. The second-order valence-electron chi connectivity index (χ2n) is 5.07. The number of H-pyrrole nitrogens is 1. The third-order valence-corrected chi connectivity index (χ3v) is 3.51. The molecule has 0 spiro atoms. The second-order valence-corrected chi connectivity index (χ2v) is 5.07. The Morgan fingerprint density at radius 1 is 1.25 bits per heavy atom. The average molecular weight is 267 g/mol. The minimum atomic E-state index is 0.0103. The summed E-state index contributed by atoms with van der Waals surface area (Å²) in [5.41, 5.74) is 3.94. The summed E-state index contributed by atoms with van der Waals surface area (Å²) >= 11 is 0. The van der Waals surface area contributed by atoms with Gasteiger partial charge in [-0.15, -0.1) is 0 Å². The van der Waals surface area contributed by atoms with Crippen LogP contribution in [-0.4, -0.2) is 15.3 Å². The minimum Gasteiger partial charge on any atom is -0.508 e. The highest BCUT2D eigenvalue weighted by atomic mass is 16.3. The molecule has 1 heterocycles. The van der Waals surface area contributed by atoms with Crippen molar-refractivity contribution in [2.24, 2.45) is 0 Å². The number of phenolic OH excluding ortho intramolecular Hbond substituents is 1. The maximum absolute atomic E-state index is 10.1. The quantitative estimate of drug-likeness (QED) is 0.677. The fourth-order valence-corrected chi connectivity index (χ4v) is 2.42. The van der Waals surface area contributed by atoms with Crippen LogP contribution >= 0.6 is 0 Å². The van der Waals surface area contributed by atoms with E-state index in [9.17, 15) is 5.11 Å². The van der Waals surface area contributed by atoms with E-state index in [1.807, 2.05) is 44.2 Å². The van der Waals surface area contributed by atoms with Gasteiger partial charge in [0, 0.05) is 16.6 Å². The van der Waals surface area contributed by atoms with Crippen LogP contribution in [0.1, 0.15) is 24.1 Å². The van der Waals surface area contributed by atoms with Gasteiger partial charge in [0.2, 0.25) is 0 Å². The number of nitrogens with one attached hydrogen (secondary N) is 2. The summed E-state index contributed by atoms with van der Waals surface area (Å²) < 4.78 is 0. The van der Waals surface area contributed by atoms with Gasteiger partial charge in [0.25, 0.3) is 0 Å². The molecule has 0 saturated carbocycles. The van der Waals surface area contributed by atoms with E-state index in [1.165, 1.54) is 0 Å². The molecule has 20 heavy (non-hydrogen) atoms. The van der Waals surface area contributed by atoms with Gasteiger partial charge in [0.1, 0.15) is 5.75 Å². The van der Waals surface area contributed by atoms with Gasteiger partial charge in [-0.25, -0.2) is 0 Å². The number of aromatic amines is 1. The van der Waals surface area contributed by atoms with Crippen LogP contribution in [0.5, 0.6) is 5.75 Å². The van der Waals surface area contributed by atoms with E-state index in [0.29, 0.717) is 5.75 Å². The molecule has 3 N–H and O–H groups in total. The van der Waals surface area contributed by atoms with E-state index in [4.69, 9.17) is 0 Å². The van der Waals surface area contributed by atoms with Crippen molar-refractivity contribution < 1.29 is 5.11 Å². The molecular weight excluding hydrogens is 250 g/mol. The minimum absolute atomic E-state index is 0.0103. The first-order valence-electron chi connectivity index (χ1n) is 6.63. The molecule has 0 amide bonds. The van der Waals surface area contributed by atoms with Crippen molar-refractivity contribution >= 4 is 16.6 Å². The molecule has 3 aromatic rings. The molecule has 1 aromatic heterocycles. The van der Waals surface area contributed by atoms with E-state index < -0.39 is 0 Å². The monoisotopic (exact) mass is 267 g/mol. The number of fused-ring (bicyclic) bond motifs is 1. The van der Waals surface area contributed by atoms with Crippen molar-refractivity contribution in [2.75, 3.05) is 5.32 Å². The van der Waals surface area contributed by atoms with Crippen molar-refractivity contribution in [1.82, 2.24) is 10.2 Å². The zero-order chi connectivity index (χ0) is 14.1. The van der Waals surface area contributed by atoms with Crippen LogP contribution in [0.25, 0.3) is 10.9 Å². The maximum atomic E-state index is 10.1. The number of anilines is 1. The molecule has 1 atom stereocenters. The second kappa shape index (κ2) is 4.89. The lowest BCUT2D eigenvalue weighted by molar-refractivity contribution is 0.465. The van der Waals surface area contributed by atoms with Crippen molar-refractivity contribution in [3.05, 3.63) is 53.7 Å². The van der Waals surface area contributed by atoms with Gasteiger partial charge in [0.05, 0.1) is 17.8 Å². The van der Waals surface area contributed by atoms with Gasteiger partial charge < -0.3 is 10.4 Å². The van der Waals surface area contributed by atoms with Crippen molar-refractivity contribution in [1.29, 1.82) is 0 Å². The Labute approximate surface area is 117 Å². The Hall–Kier alpha value is -2.49. The van der Waals surface area contributed by atoms with E-state index in [1.54, 1.807) is 12.3 Å². The molecule has 102 valence electrons. The summed E-state index contributed by atoms with van der Waals surface area (Å²) in [6.07, 6.45) is 1.80. The number of phenols is 1. The first-order valence-corrected chi connectivity index (χ1v) is 6.63. The number of aromatic nitrogens is 2. The van der Waals surface area contributed by atoms with Crippen LogP contribution in [0.15, 0.2) is 42.6 Å². The van der Waals surface area contributed by atoms with E-state index in [-0.39, 0.29) is 6.04 Å². The van der Waals surface area contributed by atoms with Crippen LogP contribution in [0.4, 0.5) is 5.69 Å². The molecule has 0 saturated heterocycles. The highest BCUT2D eigenvalue weighted by molar-refractivity contribution is 5.91. The fourth-order valence-electron chi connectivity index (χ4n) is 2.42. The summed E-state index contributed by atoms with van der Waals surface area (Å²) in [6.45, 7) is 4.00. The Kier molecular flexibility index (Phi) is 3.06. The fraction of sp³-hybridized carbons (Fsp3) is 0.188. The normalized spacial score (nSPS) is 12.5. The predicted octanol–water partition coefficient (Wildman–Crippen LogP) is 3.75. The van der Waals surface area contributed by atoms with E-state index in [0.717, 1.165) is 27.7 Å². The van der Waals surface area contributed by atoms with E-state index in [2.05, 4.69) is 15.5 Å². The topological polar surface area (TPSA) is 60.9 Å². The molecule has 0 aliphatic rings. The zero-order valence-corrected chi connectivity index (χ0v) is 11.5. The van der Waals surface area contributed by atoms with Crippen LogP contribution in [0.3, 0.4) is 0 Å². The van der Waals surface area contributed by atoms with E-state index >= 15 is 0 Å². The predicted molar refractivity (Wildman–Crippen MR) is 81.0 cm³/mol. The van der Waals surface area contributed by atoms with Crippen LogP contribution < -0.4 is 5.32 Å². The standard InChI is InChI=1S/C16H17N3O/c1-10-6-7-12(16(20)8-10)11(2)18-14-4-3-5-15-13(14)9-17-19-15/h3-9,11,18,20H,1-2H3,(H,17,19). The molecular formula is C16H17N3O. The number of aromatic hydroxyl groups is 1. The summed E-state index contributed by atoms with van der Waals surface area (Å²) in [5.74, 6) is 0.323. The number of rotatable bonds is 3. The summed E-state index contributed by atoms with van der Waals surface area (Å²) in [7, 11) is 0. The molecule has 0 fully saturated rings. The summed E-state index contributed by atoms with van der Waals surface area (Å²) in [6, 6.07) is 11.7. The molecule has 4 heteroatoms. The van der Waals surface area contributed by atoms with Gasteiger partial charge in [0.15, 0.2) is 0 Å². The van der Waals surface area contributed by atoms with Gasteiger partial charge in [-0.05, 0) is 37.6 Å². The molecule has 0 aliphatic carbocycles. The SMILES string of the molecule is Cc1ccc(C(C)Nc2cccc3[nH]ncc23)c(O)c1. The highest BCUT2D eigenvalue weighted by Crippen LogP contribution is 2.30. The Morgan fingerprint density at radius 3 is 2.90 bits per heavy atom.